The van der Waals surface area contributed by atoms with Gasteiger partial charge in [-0.1, -0.05) is 31.0 Å². The molecule has 1 amide bonds. The first-order chi connectivity index (χ1) is 17.6. The zero-order chi connectivity index (χ0) is 24.9. The molecule has 1 aliphatic rings. The molecule has 1 aliphatic heterocycles. The van der Waals surface area contributed by atoms with Gasteiger partial charge in [0.2, 0.25) is 0 Å². The monoisotopic (exact) mass is 523 g/mol. The van der Waals surface area contributed by atoms with Gasteiger partial charge in [0.15, 0.2) is 0 Å². The maximum absolute atomic E-state index is 14.2. The van der Waals surface area contributed by atoms with Crippen molar-refractivity contribution in [1.82, 2.24) is 14.8 Å². The lowest BCUT2D eigenvalue weighted by atomic mass is 10.0. The molecule has 5 rings (SSSR count). The van der Waals surface area contributed by atoms with E-state index in [4.69, 9.17) is 0 Å². The number of amides is 1. The molecule has 0 saturated carbocycles. The molecule has 4 nitrogen and oxygen atoms in total. The zero-order valence-corrected chi connectivity index (χ0v) is 21.6. The lowest BCUT2D eigenvalue weighted by Gasteiger charge is -2.28. The minimum atomic E-state index is -0.264. The highest BCUT2D eigenvalue weighted by Crippen LogP contribution is 2.34. The first-order valence-electron chi connectivity index (χ1n) is 12.7. The van der Waals surface area contributed by atoms with Gasteiger partial charge in [-0.15, -0.1) is 12.4 Å². The molecule has 3 aromatic carbocycles. The summed E-state index contributed by atoms with van der Waals surface area (Å²) in [4.78, 5) is 14.5. The zero-order valence-electron chi connectivity index (χ0n) is 20.8. The summed E-state index contributed by atoms with van der Waals surface area (Å²) < 4.78 is 29.8. The Hall–Kier alpha value is -3.22. The smallest absolute Gasteiger partial charge is 0.251 e. The van der Waals surface area contributed by atoms with Gasteiger partial charge in [0.05, 0.1) is 5.52 Å². The molecule has 0 unspecified atom stereocenters. The van der Waals surface area contributed by atoms with Crippen molar-refractivity contribution in [3.8, 4) is 5.69 Å². The topological polar surface area (TPSA) is 37.3 Å². The third kappa shape index (κ3) is 6.20. The number of fused-ring (bicyclic) bond motifs is 3. The van der Waals surface area contributed by atoms with E-state index in [0.717, 1.165) is 68.3 Å². The fraction of sp³-hybridized carbons (Fsp3) is 0.300. The van der Waals surface area contributed by atoms with Crippen molar-refractivity contribution in [1.29, 1.82) is 0 Å². The van der Waals surface area contributed by atoms with E-state index in [0.29, 0.717) is 12.1 Å². The number of nitrogens with one attached hydrogen (secondary N) is 1. The Labute approximate surface area is 222 Å². The fourth-order valence-corrected chi connectivity index (χ4v) is 5.17. The Morgan fingerprint density at radius 1 is 0.865 bits per heavy atom. The average molecular weight is 524 g/mol. The number of carbonyl (C=O) groups excluding carboxylic acids is 1. The van der Waals surface area contributed by atoms with Crippen molar-refractivity contribution in [2.24, 2.45) is 0 Å². The van der Waals surface area contributed by atoms with Crippen molar-refractivity contribution in [3.05, 3.63) is 101 Å². The van der Waals surface area contributed by atoms with Gasteiger partial charge in [-0.2, -0.15) is 0 Å². The van der Waals surface area contributed by atoms with Gasteiger partial charge in [0.25, 0.3) is 5.91 Å². The third-order valence-electron chi connectivity index (χ3n) is 7.00. The number of aromatic nitrogens is 1. The normalized spacial score (nSPS) is 13.2. The molecule has 1 N–H and O–H groups in total. The van der Waals surface area contributed by atoms with Crippen molar-refractivity contribution in [2.75, 3.05) is 19.6 Å². The number of halogens is 3. The molecule has 1 aromatic heterocycles. The summed E-state index contributed by atoms with van der Waals surface area (Å²) in [7, 11) is 0. The maximum atomic E-state index is 14.2. The van der Waals surface area contributed by atoms with Crippen LogP contribution in [0.15, 0.2) is 72.8 Å². The Bertz CT molecular complexity index is 1340. The summed E-state index contributed by atoms with van der Waals surface area (Å²) in [6.45, 7) is 3.42. The molecule has 37 heavy (non-hydrogen) atoms. The predicted molar refractivity (Wildman–Crippen MR) is 147 cm³/mol. The fourth-order valence-electron chi connectivity index (χ4n) is 5.17. The van der Waals surface area contributed by atoms with E-state index in [9.17, 15) is 13.6 Å². The van der Waals surface area contributed by atoms with Crippen molar-refractivity contribution < 1.29 is 13.6 Å². The molecule has 0 aliphatic carbocycles. The molecule has 2 heterocycles. The van der Waals surface area contributed by atoms with Crippen LogP contribution in [-0.4, -0.2) is 35.0 Å². The molecule has 7 heteroatoms. The second kappa shape index (κ2) is 12.3. The summed E-state index contributed by atoms with van der Waals surface area (Å²) >= 11 is 0. The highest BCUT2D eigenvalue weighted by molar-refractivity contribution is 5.94. The van der Waals surface area contributed by atoms with Crippen molar-refractivity contribution in [3.63, 3.8) is 0 Å². The average Bonchev–Trinajstić information content (AvgIpc) is 3.22. The van der Waals surface area contributed by atoms with Crippen LogP contribution in [0.2, 0.25) is 0 Å². The summed E-state index contributed by atoms with van der Waals surface area (Å²) in [6, 6.07) is 20.8. The van der Waals surface area contributed by atoms with Gasteiger partial charge in [0, 0.05) is 48.4 Å². The molecule has 0 saturated heterocycles. The molecule has 0 bridgehead atoms. The van der Waals surface area contributed by atoms with Gasteiger partial charge < -0.3 is 9.88 Å². The number of benzene rings is 3. The van der Waals surface area contributed by atoms with Gasteiger partial charge in [-0.3, -0.25) is 9.69 Å². The molecule has 0 fully saturated rings. The highest BCUT2D eigenvalue weighted by atomic mass is 35.5. The van der Waals surface area contributed by atoms with Gasteiger partial charge >= 0.3 is 0 Å². The Balaban J connectivity index is 0.00000320. The summed E-state index contributed by atoms with van der Waals surface area (Å²) in [6.07, 6.45) is 5.11. The van der Waals surface area contributed by atoms with E-state index < -0.39 is 0 Å². The SMILES string of the molecule is Cl.O=C(NCCCCCCN1CCc2c(c3cc(F)ccc3n2-c2ccc(F)cc2)C1)c1ccccc1. The lowest BCUT2D eigenvalue weighted by molar-refractivity contribution is 0.0953. The molecular formula is C30H32ClF2N3O. The first kappa shape index (κ1) is 26.8. The van der Waals surface area contributed by atoms with Gasteiger partial charge in [-0.25, -0.2) is 8.78 Å². The van der Waals surface area contributed by atoms with E-state index in [1.54, 1.807) is 18.2 Å². The highest BCUT2D eigenvalue weighted by Gasteiger charge is 2.24. The van der Waals surface area contributed by atoms with Crippen LogP contribution >= 0.6 is 12.4 Å². The summed E-state index contributed by atoms with van der Waals surface area (Å²) in [5, 5.41) is 3.93. The van der Waals surface area contributed by atoms with Crippen LogP contribution in [0.25, 0.3) is 16.6 Å². The molecule has 0 atom stereocenters. The van der Waals surface area contributed by atoms with E-state index in [2.05, 4.69) is 14.8 Å². The quantitative estimate of drug-likeness (QED) is 0.248. The second-order valence-corrected chi connectivity index (χ2v) is 9.46. The van der Waals surface area contributed by atoms with Crippen LogP contribution in [0.3, 0.4) is 0 Å². The van der Waals surface area contributed by atoms with E-state index in [1.807, 2.05) is 36.4 Å². The van der Waals surface area contributed by atoms with Crippen molar-refractivity contribution >= 4 is 29.2 Å². The largest absolute Gasteiger partial charge is 0.352 e. The Morgan fingerprint density at radius 3 is 2.38 bits per heavy atom. The number of rotatable bonds is 9. The molecule has 4 aromatic rings. The van der Waals surface area contributed by atoms with Crippen molar-refractivity contribution in [2.45, 2.75) is 38.6 Å². The number of hydrogen-bond acceptors (Lipinski definition) is 2. The molecule has 0 radical (unpaired) electrons. The molecule has 0 spiro atoms. The minimum Gasteiger partial charge on any atom is -0.352 e. The van der Waals surface area contributed by atoms with Gasteiger partial charge in [-0.05, 0) is 79.5 Å². The lowest BCUT2D eigenvalue weighted by Crippen LogP contribution is -2.31. The first-order valence-corrected chi connectivity index (χ1v) is 12.7. The van der Waals surface area contributed by atoms with Crippen LogP contribution in [-0.2, 0) is 13.0 Å². The number of carbonyl (C=O) groups is 1. The van der Waals surface area contributed by atoms with Gasteiger partial charge in [0.1, 0.15) is 11.6 Å². The Kier molecular flexibility index (Phi) is 8.95. The summed E-state index contributed by atoms with van der Waals surface area (Å²) in [5.41, 5.74) is 4.92. The Morgan fingerprint density at radius 2 is 1.59 bits per heavy atom. The standard InChI is InChI=1S/C30H31F2N3O.ClH/c31-23-10-13-25(14-11-23)35-28-15-12-24(32)20-26(28)27-21-34(19-16-29(27)35)18-7-2-1-6-17-33-30(36)22-8-4-3-5-9-22;/h3-5,8-15,20H,1-2,6-7,16-19,21H2,(H,33,36);1H. The third-order valence-corrected chi connectivity index (χ3v) is 7.00. The van der Waals surface area contributed by atoms with E-state index >= 15 is 0 Å². The van der Waals surface area contributed by atoms with Crippen LogP contribution in [0.4, 0.5) is 8.78 Å². The molecular weight excluding hydrogens is 492 g/mol. The number of nitrogens with zero attached hydrogens (tertiary/aromatic N) is 2. The maximum Gasteiger partial charge on any atom is 0.251 e. The summed E-state index contributed by atoms with van der Waals surface area (Å²) in [5.74, 6) is -0.520. The van der Waals surface area contributed by atoms with Crippen LogP contribution < -0.4 is 5.32 Å². The molecule has 194 valence electrons. The minimum absolute atomic E-state index is 0. The number of hydrogen-bond donors (Lipinski definition) is 1. The second-order valence-electron chi connectivity index (χ2n) is 9.46. The predicted octanol–water partition coefficient (Wildman–Crippen LogP) is 6.68. The van der Waals surface area contributed by atoms with Crippen LogP contribution in [0, 0.1) is 11.6 Å². The van der Waals surface area contributed by atoms with Crippen LogP contribution in [0.1, 0.15) is 47.3 Å². The van der Waals surface area contributed by atoms with E-state index in [-0.39, 0.29) is 29.9 Å². The van der Waals surface area contributed by atoms with E-state index in [1.165, 1.54) is 29.5 Å². The number of unbranched alkanes of at least 4 members (excludes halogenated alkanes) is 3. The van der Waals surface area contributed by atoms with Crippen LogP contribution in [0.5, 0.6) is 0 Å².